The van der Waals surface area contributed by atoms with Gasteiger partial charge < -0.3 is 24.7 Å². The van der Waals surface area contributed by atoms with E-state index in [1.54, 1.807) is 10.9 Å². The molecule has 1 unspecified atom stereocenters. The number of aliphatic hydroxyl groups is 1. The van der Waals surface area contributed by atoms with Crippen molar-refractivity contribution in [2.75, 3.05) is 18.9 Å². The van der Waals surface area contributed by atoms with Gasteiger partial charge in [-0.05, 0) is 28.3 Å². The molecule has 2 saturated heterocycles. The van der Waals surface area contributed by atoms with Crippen LogP contribution in [-0.2, 0) is 18.7 Å². The van der Waals surface area contributed by atoms with Crippen molar-refractivity contribution in [2.45, 2.75) is 75.8 Å². The highest BCUT2D eigenvalue weighted by atomic mass is 28.4. The first-order valence-corrected chi connectivity index (χ1v) is 16.7. The molecule has 5 atom stereocenters. The zero-order valence-corrected chi connectivity index (χ0v) is 25.8. The maximum absolute atomic E-state index is 11.8. The Kier molecular flexibility index (Phi) is 8.60. The summed E-state index contributed by atoms with van der Waals surface area (Å²) in [6.45, 7) is 7.46. The molecule has 12 heteroatoms. The summed E-state index contributed by atoms with van der Waals surface area (Å²) in [5, 5.41) is 13.8. The molecule has 4 heterocycles. The first-order valence-electron chi connectivity index (χ1n) is 14.8. The van der Waals surface area contributed by atoms with Gasteiger partial charge in [-0.1, -0.05) is 81.4 Å². The Bertz CT molecular complexity index is 1460. The van der Waals surface area contributed by atoms with Gasteiger partial charge in [0.1, 0.15) is 30.1 Å². The van der Waals surface area contributed by atoms with Gasteiger partial charge in [0.15, 0.2) is 24.0 Å². The van der Waals surface area contributed by atoms with Crippen LogP contribution in [0.25, 0.3) is 11.2 Å². The Morgan fingerprint density at radius 1 is 1.02 bits per heavy atom. The van der Waals surface area contributed by atoms with E-state index in [0.717, 1.165) is 29.6 Å². The van der Waals surface area contributed by atoms with Crippen molar-refractivity contribution in [3.8, 4) is 0 Å². The number of ether oxygens (including phenoxy) is 2. The third-order valence-corrected chi connectivity index (χ3v) is 13.4. The van der Waals surface area contributed by atoms with E-state index in [9.17, 15) is 5.11 Å². The summed E-state index contributed by atoms with van der Waals surface area (Å²) in [5.41, 5.74) is 10.1. The minimum absolute atomic E-state index is 0.160. The minimum Gasteiger partial charge on any atom is -0.405 e. The number of benzene rings is 2. The molecule has 2 aliphatic rings. The highest BCUT2D eigenvalue weighted by molar-refractivity contribution is 6.99. The Labute approximate surface area is 252 Å². The van der Waals surface area contributed by atoms with Crippen molar-refractivity contribution in [3.63, 3.8) is 0 Å². The molecule has 228 valence electrons. The van der Waals surface area contributed by atoms with Crippen molar-refractivity contribution in [1.29, 1.82) is 0 Å². The van der Waals surface area contributed by atoms with E-state index in [0.29, 0.717) is 17.8 Å². The van der Waals surface area contributed by atoms with Gasteiger partial charge in [-0.15, -0.1) is 0 Å². The maximum Gasteiger partial charge on any atom is 0.261 e. The van der Waals surface area contributed by atoms with Crippen LogP contribution in [0.2, 0.25) is 5.04 Å². The lowest BCUT2D eigenvalue weighted by Gasteiger charge is -2.43. The van der Waals surface area contributed by atoms with Crippen molar-refractivity contribution in [3.05, 3.63) is 73.3 Å². The number of nitrogens with one attached hydrogen (secondary N) is 1. The van der Waals surface area contributed by atoms with Gasteiger partial charge in [-0.25, -0.2) is 15.0 Å². The molecule has 0 bridgehead atoms. The molecule has 2 aliphatic heterocycles. The third kappa shape index (κ3) is 5.71. The molecule has 4 N–H and O–H groups in total. The van der Waals surface area contributed by atoms with Crippen molar-refractivity contribution in [2.24, 2.45) is 0 Å². The molecule has 0 spiro atoms. The number of nitrogen functional groups attached to an aromatic ring is 1. The summed E-state index contributed by atoms with van der Waals surface area (Å²) in [5.74, 6) is 0.269. The number of hydrogen-bond acceptors (Lipinski definition) is 10. The molecule has 0 aliphatic carbocycles. The molecule has 2 aromatic carbocycles. The lowest BCUT2D eigenvalue weighted by Crippen LogP contribution is -2.67. The number of nitrogens with two attached hydrogens (primary N) is 1. The second-order valence-corrected chi connectivity index (χ2v) is 16.5. The van der Waals surface area contributed by atoms with Crippen LogP contribution >= 0.6 is 0 Å². The highest BCUT2D eigenvalue weighted by Gasteiger charge is 2.52. The van der Waals surface area contributed by atoms with Crippen molar-refractivity contribution >= 4 is 35.7 Å². The van der Waals surface area contributed by atoms with Gasteiger partial charge in [0.25, 0.3) is 8.32 Å². The lowest BCUT2D eigenvalue weighted by atomic mass is 10.1. The van der Waals surface area contributed by atoms with E-state index in [-0.39, 0.29) is 17.5 Å². The summed E-state index contributed by atoms with van der Waals surface area (Å²) in [7, 11) is -2.87. The number of nitrogens with zero attached hydrogens (tertiary/aromatic N) is 4. The fraction of sp³-hybridized carbons (Fsp3) is 0.452. The lowest BCUT2D eigenvalue weighted by molar-refractivity contribution is -0.211. The van der Waals surface area contributed by atoms with Crippen LogP contribution in [0.3, 0.4) is 0 Å². The van der Waals surface area contributed by atoms with Gasteiger partial charge in [0, 0.05) is 13.0 Å². The largest absolute Gasteiger partial charge is 0.405 e. The Morgan fingerprint density at radius 2 is 1.72 bits per heavy atom. The molecular formula is C31H40N6O5Si. The van der Waals surface area contributed by atoms with Crippen LogP contribution in [0.4, 0.5) is 5.82 Å². The van der Waals surface area contributed by atoms with Crippen LogP contribution in [0, 0.1) is 0 Å². The van der Waals surface area contributed by atoms with E-state index in [1.807, 2.05) is 12.1 Å². The van der Waals surface area contributed by atoms with Crippen LogP contribution in [-0.4, -0.2) is 70.7 Å². The quantitative estimate of drug-likeness (QED) is 0.193. The first-order chi connectivity index (χ1) is 20.8. The number of hydroxylamine groups is 1. The summed E-state index contributed by atoms with van der Waals surface area (Å²) >= 11 is 0. The fourth-order valence-electron chi connectivity index (χ4n) is 6.23. The average molecular weight is 605 g/mol. The molecule has 0 radical (unpaired) electrons. The number of hydrogen-bond donors (Lipinski definition) is 3. The zero-order valence-electron chi connectivity index (χ0n) is 24.8. The second-order valence-electron chi connectivity index (χ2n) is 12.2. The Balaban J connectivity index is 1.33. The summed E-state index contributed by atoms with van der Waals surface area (Å²) < 4.78 is 21.2. The van der Waals surface area contributed by atoms with Crippen molar-refractivity contribution < 1.29 is 23.8 Å². The van der Waals surface area contributed by atoms with Crippen LogP contribution in [0.1, 0.15) is 46.3 Å². The molecule has 6 rings (SSSR count). The van der Waals surface area contributed by atoms with Gasteiger partial charge >= 0.3 is 0 Å². The topological polar surface area (TPSA) is 139 Å². The van der Waals surface area contributed by atoms with Crippen LogP contribution in [0.15, 0.2) is 73.3 Å². The normalized spacial score (nSPS) is 24.9. The van der Waals surface area contributed by atoms with E-state index in [1.165, 1.54) is 6.33 Å². The standard InChI is InChI=1S/C31H40N6O5Si/c1-31(2,3)43(21-12-6-4-7-13-21,22-14-8-5-9-15-22)40-18-23-27(38)25(36-42-24-16-10-11-17-39-24)30(41-23)37-20-35-26-28(32)33-19-34-29(26)37/h4-9,12-15,19-20,23-25,27,30,36,38H,10-11,16-18H2,1-3H3,(H2,32,33,34)/t23-,24?,25-,27-,30-/m1/s1. The predicted molar refractivity (Wildman–Crippen MR) is 165 cm³/mol. The molecule has 43 heavy (non-hydrogen) atoms. The SMILES string of the molecule is CC(C)(C)[Si](OC[C@H]1O[C@@H](n2cnc3c(N)ncnc32)[C@H](NOC2CCCCO2)[C@@H]1O)(c1ccccc1)c1ccccc1. The number of aromatic nitrogens is 4. The van der Waals surface area contributed by atoms with E-state index in [2.05, 4.69) is 89.7 Å². The van der Waals surface area contributed by atoms with Gasteiger partial charge in [0.05, 0.1) is 12.9 Å². The minimum atomic E-state index is -2.87. The molecule has 11 nitrogen and oxygen atoms in total. The number of anilines is 1. The van der Waals surface area contributed by atoms with E-state index < -0.39 is 39.1 Å². The Morgan fingerprint density at radius 3 is 2.35 bits per heavy atom. The average Bonchev–Trinajstić information content (AvgIpc) is 3.59. The first kappa shape index (κ1) is 29.8. The summed E-state index contributed by atoms with van der Waals surface area (Å²) in [6, 6.07) is 20.1. The second kappa shape index (κ2) is 12.4. The molecule has 0 amide bonds. The van der Waals surface area contributed by atoms with Crippen LogP contribution < -0.4 is 21.6 Å². The van der Waals surface area contributed by atoms with Gasteiger partial charge in [-0.3, -0.25) is 9.40 Å². The van der Waals surface area contributed by atoms with E-state index in [4.69, 9.17) is 24.5 Å². The maximum atomic E-state index is 11.8. The molecule has 2 aromatic heterocycles. The monoisotopic (exact) mass is 604 g/mol. The molecule has 2 fully saturated rings. The van der Waals surface area contributed by atoms with E-state index >= 15 is 0 Å². The number of aliphatic hydroxyl groups excluding tert-OH is 1. The number of rotatable bonds is 9. The van der Waals surface area contributed by atoms with Gasteiger partial charge in [0.2, 0.25) is 0 Å². The van der Waals surface area contributed by atoms with Gasteiger partial charge in [-0.2, -0.15) is 5.48 Å². The smallest absolute Gasteiger partial charge is 0.261 e. The molecule has 0 saturated carbocycles. The highest BCUT2D eigenvalue weighted by Crippen LogP contribution is 2.38. The predicted octanol–water partition coefficient (Wildman–Crippen LogP) is 2.66. The van der Waals surface area contributed by atoms with Crippen molar-refractivity contribution in [1.82, 2.24) is 25.0 Å². The molecular weight excluding hydrogens is 564 g/mol. The van der Waals surface area contributed by atoms with Crippen LogP contribution in [0.5, 0.6) is 0 Å². The number of fused-ring (bicyclic) bond motifs is 1. The molecule has 4 aromatic rings. The summed E-state index contributed by atoms with van der Waals surface area (Å²) in [4.78, 5) is 18.8. The zero-order chi connectivity index (χ0) is 30.0. The number of imidazole rings is 1. The third-order valence-electron chi connectivity index (χ3n) is 8.39. The Hall–Kier alpha value is -3.23. The summed E-state index contributed by atoms with van der Waals surface area (Å²) in [6.07, 6.45) is 2.97. The fourth-order valence-corrected chi connectivity index (χ4v) is 10.8.